The van der Waals surface area contributed by atoms with Crippen LogP contribution in [0, 0.1) is 0 Å². The molecular formula is C19H30N4O2. The van der Waals surface area contributed by atoms with Gasteiger partial charge in [0.15, 0.2) is 0 Å². The number of rotatable bonds is 5. The van der Waals surface area contributed by atoms with E-state index in [4.69, 9.17) is 4.74 Å². The van der Waals surface area contributed by atoms with Crippen LogP contribution in [0.1, 0.15) is 38.7 Å². The molecule has 1 amide bonds. The largest absolute Gasteiger partial charge is 0.497 e. The summed E-state index contributed by atoms with van der Waals surface area (Å²) in [7, 11) is 1.68. The van der Waals surface area contributed by atoms with Crippen molar-refractivity contribution in [2.45, 2.75) is 57.3 Å². The van der Waals surface area contributed by atoms with Crippen molar-refractivity contribution in [3.8, 4) is 5.75 Å². The molecule has 25 heavy (non-hydrogen) atoms. The van der Waals surface area contributed by atoms with E-state index in [9.17, 15) is 4.79 Å². The van der Waals surface area contributed by atoms with Gasteiger partial charge in [-0.2, -0.15) is 0 Å². The highest BCUT2D eigenvalue weighted by atomic mass is 16.5. The van der Waals surface area contributed by atoms with Crippen molar-refractivity contribution in [2.75, 3.05) is 20.2 Å². The van der Waals surface area contributed by atoms with Crippen LogP contribution in [-0.4, -0.2) is 55.2 Å². The minimum absolute atomic E-state index is 0.108. The zero-order valence-corrected chi connectivity index (χ0v) is 15.6. The molecular weight excluding hydrogens is 316 g/mol. The quantitative estimate of drug-likeness (QED) is 0.749. The van der Waals surface area contributed by atoms with Gasteiger partial charge >= 0.3 is 0 Å². The second-order valence-corrected chi connectivity index (χ2v) is 7.44. The minimum atomic E-state index is 0.108. The summed E-state index contributed by atoms with van der Waals surface area (Å²) in [4.78, 5) is 14.8. The number of amides is 1. The zero-order chi connectivity index (χ0) is 18.0. The minimum Gasteiger partial charge on any atom is -0.497 e. The van der Waals surface area contributed by atoms with E-state index in [0.29, 0.717) is 18.5 Å². The lowest BCUT2D eigenvalue weighted by atomic mass is 9.97. The lowest BCUT2D eigenvalue weighted by Gasteiger charge is -2.24. The Balaban J connectivity index is 1.55. The number of methoxy groups -OCH3 is 1. The summed E-state index contributed by atoms with van der Waals surface area (Å²) in [5.41, 5.74) is 7.67. The van der Waals surface area contributed by atoms with E-state index in [1.54, 1.807) is 7.11 Å². The van der Waals surface area contributed by atoms with Gasteiger partial charge in [-0.25, -0.2) is 0 Å². The molecule has 4 atom stereocenters. The summed E-state index contributed by atoms with van der Waals surface area (Å²) in [5.74, 6) is 1.46. The molecule has 1 aromatic rings. The fourth-order valence-corrected chi connectivity index (χ4v) is 3.98. The topological polar surface area (TPSA) is 65.6 Å². The molecule has 0 aromatic heterocycles. The second kappa shape index (κ2) is 7.72. The molecule has 0 spiro atoms. The molecule has 3 N–H and O–H groups in total. The van der Waals surface area contributed by atoms with E-state index in [2.05, 4.69) is 54.0 Å². The van der Waals surface area contributed by atoms with Gasteiger partial charge in [-0.05, 0) is 50.8 Å². The number of nitrogens with zero attached hydrogens (tertiary/aromatic N) is 1. The number of carbonyl (C=O) groups excluding carboxylic acids is 1. The molecule has 0 aliphatic carbocycles. The molecule has 0 saturated carbocycles. The number of hydrogen-bond acceptors (Lipinski definition) is 5. The summed E-state index contributed by atoms with van der Waals surface area (Å²) in [6, 6.07) is 9.31. The lowest BCUT2D eigenvalue weighted by Crippen LogP contribution is -2.50. The van der Waals surface area contributed by atoms with Gasteiger partial charge in [0.05, 0.1) is 19.7 Å². The van der Waals surface area contributed by atoms with Gasteiger partial charge in [0.25, 0.3) is 0 Å². The highest BCUT2D eigenvalue weighted by Crippen LogP contribution is 2.32. The highest BCUT2D eigenvalue weighted by molar-refractivity contribution is 5.78. The van der Waals surface area contributed by atoms with Gasteiger partial charge in [0.2, 0.25) is 5.91 Å². The van der Waals surface area contributed by atoms with E-state index in [1.165, 1.54) is 5.56 Å². The molecule has 3 rings (SSSR count). The van der Waals surface area contributed by atoms with Gasteiger partial charge in [0, 0.05) is 24.7 Å². The first-order valence-electron chi connectivity index (χ1n) is 9.16. The molecule has 6 nitrogen and oxygen atoms in total. The Kier molecular flexibility index (Phi) is 5.61. The summed E-state index contributed by atoms with van der Waals surface area (Å²) in [6.07, 6.45) is 1.08. The van der Waals surface area contributed by atoms with Crippen molar-refractivity contribution in [3.05, 3.63) is 29.8 Å². The summed E-state index contributed by atoms with van der Waals surface area (Å²) >= 11 is 0. The Hall–Kier alpha value is -1.63. The van der Waals surface area contributed by atoms with E-state index in [0.717, 1.165) is 18.7 Å². The fraction of sp³-hybridized carbons (Fsp3) is 0.632. The van der Waals surface area contributed by atoms with Gasteiger partial charge < -0.3 is 10.1 Å². The van der Waals surface area contributed by atoms with Crippen molar-refractivity contribution in [2.24, 2.45) is 0 Å². The standard InChI is InChI=1S/C19H30N4O2/c1-12-9-16(15-5-7-17(25-4)8-6-15)10-23(12)11-18(24)20-19-13(2)21-22-14(19)3/h5-8,12-14,16,19,21-22H,9-11H2,1-4H3,(H,20,24). The first-order chi connectivity index (χ1) is 12.0. The lowest BCUT2D eigenvalue weighted by molar-refractivity contribution is -0.123. The molecule has 2 saturated heterocycles. The van der Waals surface area contributed by atoms with Crippen molar-refractivity contribution in [1.82, 2.24) is 21.1 Å². The molecule has 4 unspecified atom stereocenters. The van der Waals surface area contributed by atoms with Crippen LogP contribution in [0.15, 0.2) is 24.3 Å². The molecule has 1 aromatic carbocycles. The number of nitrogens with one attached hydrogen (secondary N) is 3. The van der Waals surface area contributed by atoms with Crippen LogP contribution >= 0.6 is 0 Å². The third-order valence-corrected chi connectivity index (χ3v) is 5.58. The van der Waals surface area contributed by atoms with Crippen LogP contribution in [0.5, 0.6) is 5.75 Å². The predicted molar refractivity (Wildman–Crippen MR) is 98.5 cm³/mol. The van der Waals surface area contributed by atoms with Gasteiger partial charge in [-0.1, -0.05) is 12.1 Å². The van der Waals surface area contributed by atoms with Crippen LogP contribution in [0.25, 0.3) is 0 Å². The number of likely N-dealkylation sites (tertiary alicyclic amines) is 1. The van der Waals surface area contributed by atoms with Crippen LogP contribution in [-0.2, 0) is 4.79 Å². The Morgan fingerprint density at radius 3 is 2.44 bits per heavy atom. The highest BCUT2D eigenvalue weighted by Gasteiger charge is 2.34. The summed E-state index contributed by atoms with van der Waals surface area (Å²) in [6.45, 7) is 7.76. The van der Waals surface area contributed by atoms with Crippen LogP contribution in [0.4, 0.5) is 0 Å². The van der Waals surface area contributed by atoms with E-state index in [-0.39, 0.29) is 24.0 Å². The first kappa shape index (κ1) is 18.2. The molecule has 2 aliphatic heterocycles. The summed E-state index contributed by atoms with van der Waals surface area (Å²) < 4.78 is 5.23. The van der Waals surface area contributed by atoms with Gasteiger partial charge in [-0.3, -0.25) is 20.5 Å². The molecule has 2 heterocycles. The molecule has 2 aliphatic rings. The molecule has 0 bridgehead atoms. The van der Waals surface area contributed by atoms with Crippen molar-refractivity contribution in [3.63, 3.8) is 0 Å². The van der Waals surface area contributed by atoms with E-state index in [1.807, 2.05) is 12.1 Å². The average Bonchev–Trinajstić information content (AvgIpc) is 3.12. The fourth-order valence-electron chi connectivity index (χ4n) is 3.98. The number of hydrazine groups is 1. The maximum atomic E-state index is 12.5. The maximum Gasteiger partial charge on any atom is 0.234 e. The monoisotopic (exact) mass is 346 g/mol. The van der Waals surface area contributed by atoms with Crippen LogP contribution in [0.3, 0.4) is 0 Å². The SMILES string of the molecule is COc1ccc(C2CC(C)N(CC(=O)NC3C(C)NNC3C)C2)cc1. The Bertz CT molecular complexity index is 582. The van der Waals surface area contributed by atoms with Crippen LogP contribution < -0.4 is 20.9 Å². The molecule has 0 radical (unpaired) electrons. The van der Waals surface area contributed by atoms with Crippen molar-refractivity contribution in [1.29, 1.82) is 0 Å². The second-order valence-electron chi connectivity index (χ2n) is 7.44. The Morgan fingerprint density at radius 2 is 1.84 bits per heavy atom. The normalized spacial score (nSPS) is 32.7. The number of hydrogen-bond donors (Lipinski definition) is 3. The Morgan fingerprint density at radius 1 is 1.20 bits per heavy atom. The third kappa shape index (κ3) is 4.14. The maximum absolute atomic E-state index is 12.5. The third-order valence-electron chi connectivity index (χ3n) is 5.58. The van der Waals surface area contributed by atoms with Crippen LogP contribution in [0.2, 0.25) is 0 Å². The van der Waals surface area contributed by atoms with Crippen molar-refractivity contribution >= 4 is 5.91 Å². The van der Waals surface area contributed by atoms with E-state index < -0.39 is 0 Å². The summed E-state index contributed by atoms with van der Waals surface area (Å²) in [5, 5.41) is 3.17. The van der Waals surface area contributed by atoms with Crippen molar-refractivity contribution < 1.29 is 9.53 Å². The average molecular weight is 346 g/mol. The number of ether oxygens (including phenoxy) is 1. The number of benzene rings is 1. The smallest absolute Gasteiger partial charge is 0.234 e. The first-order valence-corrected chi connectivity index (χ1v) is 9.16. The van der Waals surface area contributed by atoms with Gasteiger partial charge in [0.1, 0.15) is 5.75 Å². The molecule has 138 valence electrons. The Labute approximate surface area is 150 Å². The molecule has 6 heteroatoms. The number of carbonyl (C=O) groups is 1. The molecule has 2 fully saturated rings. The zero-order valence-electron chi connectivity index (χ0n) is 15.6. The van der Waals surface area contributed by atoms with E-state index >= 15 is 0 Å². The predicted octanol–water partition coefficient (Wildman–Crippen LogP) is 1.24. The van der Waals surface area contributed by atoms with Gasteiger partial charge in [-0.15, -0.1) is 0 Å².